The average molecular weight is 386 g/mol. The lowest BCUT2D eigenvalue weighted by molar-refractivity contribution is -0.130. The lowest BCUT2D eigenvalue weighted by atomic mass is 10.0. The van der Waals surface area contributed by atoms with Crippen LogP contribution in [0.15, 0.2) is 24.3 Å². The van der Waals surface area contributed by atoms with Gasteiger partial charge in [-0.15, -0.1) is 0 Å². The number of nitrogens with zero attached hydrogens (tertiary/aromatic N) is 2. The Bertz CT molecular complexity index is 707. The van der Waals surface area contributed by atoms with Gasteiger partial charge in [-0.1, -0.05) is 26.0 Å². The first kappa shape index (κ1) is 20.8. The van der Waals surface area contributed by atoms with Gasteiger partial charge in [-0.25, -0.2) is 17.5 Å². The van der Waals surface area contributed by atoms with Crippen molar-refractivity contribution in [2.24, 2.45) is 5.92 Å². The summed E-state index contributed by atoms with van der Waals surface area (Å²) in [5.41, 5.74) is 1.04. The molecule has 26 heavy (non-hydrogen) atoms. The van der Waals surface area contributed by atoms with Crippen molar-refractivity contribution in [1.82, 2.24) is 14.5 Å². The summed E-state index contributed by atoms with van der Waals surface area (Å²) in [6.45, 7) is 6.73. The van der Waals surface area contributed by atoms with Gasteiger partial charge in [0, 0.05) is 32.2 Å². The smallest absolute Gasteiger partial charge is 0.237 e. The van der Waals surface area contributed by atoms with E-state index in [4.69, 9.17) is 0 Å². The lowest BCUT2D eigenvalue weighted by Crippen LogP contribution is -2.47. The Morgan fingerprint density at radius 3 is 2.50 bits per heavy atom. The van der Waals surface area contributed by atoms with Crippen LogP contribution >= 0.6 is 0 Å². The van der Waals surface area contributed by atoms with E-state index in [1.54, 1.807) is 17.0 Å². The predicted octanol–water partition coefficient (Wildman–Crippen LogP) is 1.43. The summed E-state index contributed by atoms with van der Waals surface area (Å²) in [4.78, 5) is 16.5. The van der Waals surface area contributed by atoms with Crippen molar-refractivity contribution >= 4 is 15.9 Å². The fourth-order valence-corrected chi connectivity index (χ4v) is 3.63. The van der Waals surface area contributed by atoms with Gasteiger partial charge in [-0.05, 0) is 30.0 Å². The molecule has 1 aliphatic heterocycles. The number of carbonyl (C=O) groups is 1. The second-order valence-corrected chi connectivity index (χ2v) is 9.03. The van der Waals surface area contributed by atoms with E-state index < -0.39 is 10.0 Å². The second-order valence-electron chi connectivity index (χ2n) is 7.19. The minimum absolute atomic E-state index is 0.157. The van der Waals surface area contributed by atoms with Crippen molar-refractivity contribution in [3.8, 4) is 0 Å². The van der Waals surface area contributed by atoms with E-state index in [2.05, 4.69) is 23.5 Å². The molecule has 0 saturated carbocycles. The first-order valence-corrected chi connectivity index (χ1v) is 10.8. The molecule has 0 bridgehead atoms. The molecule has 8 heteroatoms. The molecule has 1 aliphatic rings. The maximum Gasteiger partial charge on any atom is 0.237 e. The zero-order chi connectivity index (χ0) is 19.3. The highest BCUT2D eigenvalue weighted by Crippen LogP contribution is 2.20. The molecule has 0 aromatic heterocycles. The zero-order valence-electron chi connectivity index (χ0n) is 15.6. The molecule has 1 fully saturated rings. The third kappa shape index (κ3) is 6.34. The molecular weight excluding hydrogens is 357 g/mol. The number of nitrogens with one attached hydrogen (secondary N) is 1. The summed E-state index contributed by atoms with van der Waals surface area (Å²) >= 11 is 0. The van der Waals surface area contributed by atoms with Gasteiger partial charge in [0.2, 0.25) is 15.9 Å². The fourth-order valence-electron chi connectivity index (χ4n) is 3.25. The van der Waals surface area contributed by atoms with E-state index >= 15 is 0 Å². The Morgan fingerprint density at radius 1 is 1.27 bits per heavy atom. The van der Waals surface area contributed by atoms with Gasteiger partial charge in [-0.2, -0.15) is 0 Å². The lowest BCUT2D eigenvalue weighted by Gasteiger charge is -2.34. The second kappa shape index (κ2) is 8.92. The standard InChI is InChI=1S/C18H28FN3O3S/c1-14(2)17-13-22(18(23)11-20-26(3,24)25)10-4-9-21(17)12-15-5-7-16(19)8-6-15/h5-8,14,17,20H,4,9-13H2,1-3H3/t17-/m0/s1. The highest BCUT2D eigenvalue weighted by molar-refractivity contribution is 7.88. The normalized spacial score (nSPS) is 19.6. The minimum atomic E-state index is -3.39. The van der Waals surface area contributed by atoms with Gasteiger partial charge in [0.05, 0.1) is 12.8 Å². The largest absolute Gasteiger partial charge is 0.340 e. The first-order chi connectivity index (χ1) is 12.2. The summed E-state index contributed by atoms with van der Waals surface area (Å²) in [5.74, 6) is -0.128. The van der Waals surface area contributed by atoms with Crippen molar-refractivity contribution in [3.63, 3.8) is 0 Å². The minimum Gasteiger partial charge on any atom is -0.340 e. The van der Waals surface area contributed by atoms with Gasteiger partial charge in [0.1, 0.15) is 5.82 Å². The Labute approximate surface area is 155 Å². The Balaban J connectivity index is 2.06. The summed E-state index contributed by atoms with van der Waals surface area (Å²) in [7, 11) is -3.39. The molecule has 0 radical (unpaired) electrons. The molecule has 1 N–H and O–H groups in total. The van der Waals surface area contributed by atoms with Crippen molar-refractivity contribution in [1.29, 1.82) is 0 Å². The van der Waals surface area contributed by atoms with Crippen LogP contribution in [0.1, 0.15) is 25.8 Å². The van der Waals surface area contributed by atoms with Crippen LogP contribution in [-0.4, -0.2) is 62.6 Å². The van der Waals surface area contributed by atoms with Crippen LogP contribution < -0.4 is 4.72 Å². The topological polar surface area (TPSA) is 69.7 Å². The Hall–Kier alpha value is -1.51. The number of amides is 1. The van der Waals surface area contributed by atoms with Crippen LogP contribution in [0.3, 0.4) is 0 Å². The highest BCUT2D eigenvalue weighted by atomic mass is 32.2. The summed E-state index contributed by atoms with van der Waals surface area (Å²) in [6.07, 6.45) is 1.86. The van der Waals surface area contributed by atoms with Crippen LogP contribution in [0.5, 0.6) is 0 Å². The third-order valence-electron chi connectivity index (χ3n) is 4.66. The molecule has 6 nitrogen and oxygen atoms in total. The third-order valence-corrected chi connectivity index (χ3v) is 5.33. The molecular formula is C18H28FN3O3S. The van der Waals surface area contributed by atoms with Crippen LogP contribution in [0.4, 0.5) is 4.39 Å². The van der Waals surface area contributed by atoms with Gasteiger partial charge >= 0.3 is 0 Å². The number of hydrogen-bond donors (Lipinski definition) is 1. The molecule has 1 aromatic carbocycles. The number of rotatable bonds is 6. The molecule has 0 spiro atoms. The van der Waals surface area contributed by atoms with Crippen LogP contribution in [-0.2, 0) is 21.4 Å². The molecule has 1 atom stereocenters. The molecule has 0 unspecified atom stereocenters. The van der Waals surface area contributed by atoms with E-state index in [-0.39, 0.29) is 24.3 Å². The maximum absolute atomic E-state index is 13.1. The molecule has 1 heterocycles. The molecule has 2 rings (SSSR count). The first-order valence-electron chi connectivity index (χ1n) is 8.86. The molecule has 1 saturated heterocycles. The molecule has 1 aromatic rings. The molecule has 0 aliphatic carbocycles. The number of benzene rings is 1. The van der Waals surface area contributed by atoms with E-state index in [1.807, 2.05) is 0 Å². The van der Waals surface area contributed by atoms with Crippen LogP contribution in [0.25, 0.3) is 0 Å². The van der Waals surface area contributed by atoms with Crippen molar-refractivity contribution in [2.45, 2.75) is 32.9 Å². The summed E-state index contributed by atoms with van der Waals surface area (Å²) in [5, 5.41) is 0. The van der Waals surface area contributed by atoms with Gasteiger partial charge in [0.15, 0.2) is 0 Å². The zero-order valence-corrected chi connectivity index (χ0v) is 16.4. The quantitative estimate of drug-likeness (QED) is 0.804. The highest BCUT2D eigenvalue weighted by Gasteiger charge is 2.29. The number of hydrogen-bond acceptors (Lipinski definition) is 4. The van der Waals surface area contributed by atoms with Gasteiger partial charge < -0.3 is 4.90 Å². The van der Waals surface area contributed by atoms with Crippen molar-refractivity contribution < 1.29 is 17.6 Å². The van der Waals surface area contributed by atoms with Crippen LogP contribution in [0, 0.1) is 11.7 Å². The fraction of sp³-hybridized carbons (Fsp3) is 0.611. The Kier molecular flexibility index (Phi) is 7.14. The van der Waals surface area contributed by atoms with E-state index in [0.29, 0.717) is 25.6 Å². The van der Waals surface area contributed by atoms with Gasteiger partial charge in [-0.3, -0.25) is 9.69 Å². The predicted molar refractivity (Wildman–Crippen MR) is 99.5 cm³/mol. The SMILES string of the molecule is CC(C)[C@@H]1CN(C(=O)CNS(C)(=O)=O)CCCN1Cc1ccc(F)cc1. The number of carbonyl (C=O) groups excluding carboxylic acids is 1. The van der Waals surface area contributed by atoms with E-state index in [0.717, 1.165) is 24.8 Å². The Morgan fingerprint density at radius 2 is 1.92 bits per heavy atom. The summed E-state index contributed by atoms with van der Waals surface area (Å²) in [6, 6.07) is 6.66. The van der Waals surface area contributed by atoms with Crippen LogP contribution in [0.2, 0.25) is 0 Å². The summed E-state index contributed by atoms with van der Waals surface area (Å²) < 4.78 is 37.8. The average Bonchev–Trinajstić information content (AvgIpc) is 2.77. The van der Waals surface area contributed by atoms with E-state index in [1.165, 1.54) is 12.1 Å². The monoisotopic (exact) mass is 385 g/mol. The van der Waals surface area contributed by atoms with Crippen molar-refractivity contribution in [3.05, 3.63) is 35.6 Å². The number of halogens is 1. The number of sulfonamides is 1. The molecule has 1 amide bonds. The molecule has 146 valence electrons. The van der Waals surface area contributed by atoms with E-state index in [9.17, 15) is 17.6 Å². The maximum atomic E-state index is 13.1. The van der Waals surface area contributed by atoms with Crippen molar-refractivity contribution in [2.75, 3.05) is 32.4 Å². The van der Waals surface area contributed by atoms with Gasteiger partial charge in [0.25, 0.3) is 0 Å².